The van der Waals surface area contributed by atoms with Gasteiger partial charge in [0.1, 0.15) is 5.75 Å². The predicted molar refractivity (Wildman–Crippen MR) is 92.5 cm³/mol. The Kier molecular flexibility index (Phi) is 5.38. The predicted octanol–water partition coefficient (Wildman–Crippen LogP) is 2.34. The summed E-state index contributed by atoms with van der Waals surface area (Å²) in [6.45, 7) is 4.47. The monoisotopic (exact) mass is 342 g/mol. The molecule has 0 spiro atoms. The first-order chi connectivity index (χ1) is 12.1. The van der Waals surface area contributed by atoms with E-state index in [9.17, 15) is 9.59 Å². The molecule has 1 aromatic heterocycles. The van der Waals surface area contributed by atoms with Crippen molar-refractivity contribution >= 4 is 11.8 Å². The number of hydrogen-bond donors (Lipinski definition) is 0. The minimum atomic E-state index is -0.125. The van der Waals surface area contributed by atoms with Gasteiger partial charge in [0.15, 0.2) is 5.76 Å². The van der Waals surface area contributed by atoms with E-state index in [1.807, 2.05) is 31.2 Å². The number of nitrogens with zero attached hydrogens (tertiary/aromatic N) is 2. The molecule has 0 saturated carbocycles. The van der Waals surface area contributed by atoms with Crippen LogP contribution in [0.1, 0.15) is 22.5 Å². The van der Waals surface area contributed by atoms with Crippen molar-refractivity contribution in [1.82, 2.24) is 9.80 Å². The topological polar surface area (TPSA) is 63.0 Å². The molecule has 1 aromatic carbocycles. The second-order valence-corrected chi connectivity index (χ2v) is 6.07. The zero-order valence-electron chi connectivity index (χ0n) is 14.3. The van der Waals surface area contributed by atoms with E-state index in [0.29, 0.717) is 45.0 Å². The molecule has 1 aliphatic heterocycles. The minimum Gasteiger partial charge on any atom is -0.493 e. The molecule has 0 radical (unpaired) electrons. The second-order valence-electron chi connectivity index (χ2n) is 6.07. The van der Waals surface area contributed by atoms with E-state index in [1.165, 1.54) is 6.26 Å². The number of carbonyl (C=O) groups is 2. The third kappa shape index (κ3) is 4.41. The summed E-state index contributed by atoms with van der Waals surface area (Å²) in [5, 5.41) is 0. The molecule has 0 N–H and O–H groups in total. The lowest BCUT2D eigenvalue weighted by Gasteiger charge is -2.34. The summed E-state index contributed by atoms with van der Waals surface area (Å²) in [5.74, 6) is 1.05. The van der Waals surface area contributed by atoms with Gasteiger partial charge in [0.2, 0.25) is 5.91 Å². The molecule has 1 aliphatic rings. The third-order valence-corrected chi connectivity index (χ3v) is 4.23. The van der Waals surface area contributed by atoms with Crippen molar-refractivity contribution in [3.05, 3.63) is 54.0 Å². The van der Waals surface area contributed by atoms with Gasteiger partial charge in [-0.1, -0.05) is 12.1 Å². The average molecular weight is 342 g/mol. The highest BCUT2D eigenvalue weighted by atomic mass is 16.5. The molecule has 132 valence electrons. The Labute approximate surface area is 147 Å². The van der Waals surface area contributed by atoms with Crippen LogP contribution in [-0.2, 0) is 4.79 Å². The number of aryl methyl sites for hydroxylation is 1. The van der Waals surface area contributed by atoms with Crippen LogP contribution in [0.15, 0.2) is 47.1 Å². The molecule has 0 aliphatic carbocycles. The molecule has 1 saturated heterocycles. The fourth-order valence-corrected chi connectivity index (χ4v) is 2.83. The fourth-order valence-electron chi connectivity index (χ4n) is 2.83. The van der Waals surface area contributed by atoms with E-state index < -0.39 is 0 Å². The largest absolute Gasteiger partial charge is 0.493 e. The molecule has 0 atom stereocenters. The van der Waals surface area contributed by atoms with E-state index in [0.717, 1.165) is 11.3 Å². The Morgan fingerprint density at radius 3 is 2.52 bits per heavy atom. The molecule has 0 bridgehead atoms. The molecule has 1 fully saturated rings. The van der Waals surface area contributed by atoms with Crippen molar-refractivity contribution < 1.29 is 18.7 Å². The molecule has 6 heteroatoms. The van der Waals surface area contributed by atoms with Crippen LogP contribution in [0.4, 0.5) is 0 Å². The van der Waals surface area contributed by atoms with E-state index in [-0.39, 0.29) is 11.8 Å². The number of amides is 2. The van der Waals surface area contributed by atoms with Gasteiger partial charge in [-0.05, 0) is 36.8 Å². The van der Waals surface area contributed by atoms with Crippen LogP contribution in [0.2, 0.25) is 0 Å². The van der Waals surface area contributed by atoms with Gasteiger partial charge in [-0.3, -0.25) is 9.59 Å². The van der Waals surface area contributed by atoms with Crippen LogP contribution in [-0.4, -0.2) is 54.4 Å². The zero-order valence-corrected chi connectivity index (χ0v) is 14.3. The van der Waals surface area contributed by atoms with Gasteiger partial charge in [0.25, 0.3) is 5.91 Å². The lowest BCUT2D eigenvalue weighted by atomic mass is 10.2. The van der Waals surface area contributed by atoms with Crippen LogP contribution >= 0.6 is 0 Å². The van der Waals surface area contributed by atoms with Crippen LogP contribution in [0.3, 0.4) is 0 Å². The molecule has 2 amide bonds. The van der Waals surface area contributed by atoms with Crippen molar-refractivity contribution in [2.45, 2.75) is 13.3 Å². The Bertz CT molecular complexity index is 719. The lowest BCUT2D eigenvalue weighted by Crippen LogP contribution is -2.50. The summed E-state index contributed by atoms with van der Waals surface area (Å²) < 4.78 is 10.8. The van der Waals surface area contributed by atoms with Crippen molar-refractivity contribution in [1.29, 1.82) is 0 Å². The van der Waals surface area contributed by atoms with E-state index in [1.54, 1.807) is 21.9 Å². The molecule has 0 unspecified atom stereocenters. The summed E-state index contributed by atoms with van der Waals surface area (Å²) in [6.07, 6.45) is 1.82. The van der Waals surface area contributed by atoms with Gasteiger partial charge >= 0.3 is 0 Å². The van der Waals surface area contributed by atoms with E-state index in [2.05, 4.69) is 0 Å². The van der Waals surface area contributed by atoms with E-state index in [4.69, 9.17) is 9.15 Å². The van der Waals surface area contributed by atoms with Gasteiger partial charge in [0, 0.05) is 26.2 Å². The van der Waals surface area contributed by atoms with Gasteiger partial charge in [0.05, 0.1) is 19.3 Å². The Morgan fingerprint density at radius 2 is 1.84 bits per heavy atom. The number of furan rings is 1. The standard InChI is InChI=1S/C19H22N2O4/c1-15-4-2-5-16(14-15)24-13-7-18(22)20-8-10-21(11-9-20)19(23)17-6-3-12-25-17/h2-6,12,14H,7-11,13H2,1H3. The zero-order chi connectivity index (χ0) is 17.6. The molecule has 6 nitrogen and oxygen atoms in total. The summed E-state index contributed by atoms with van der Waals surface area (Å²) in [4.78, 5) is 28.0. The molecule has 3 rings (SSSR count). The normalized spacial score (nSPS) is 14.4. The van der Waals surface area contributed by atoms with Crippen LogP contribution in [0, 0.1) is 6.92 Å². The Hall–Kier alpha value is -2.76. The molecular weight excluding hydrogens is 320 g/mol. The maximum atomic E-state index is 12.3. The Morgan fingerprint density at radius 1 is 1.08 bits per heavy atom. The maximum Gasteiger partial charge on any atom is 0.289 e. The average Bonchev–Trinajstić information content (AvgIpc) is 3.16. The van der Waals surface area contributed by atoms with Crippen LogP contribution in [0.25, 0.3) is 0 Å². The third-order valence-electron chi connectivity index (χ3n) is 4.23. The van der Waals surface area contributed by atoms with Gasteiger partial charge in [-0.15, -0.1) is 0 Å². The highest BCUT2D eigenvalue weighted by molar-refractivity contribution is 5.91. The molecular formula is C19H22N2O4. The molecule has 25 heavy (non-hydrogen) atoms. The van der Waals surface area contributed by atoms with Crippen molar-refractivity contribution in [3.8, 4) is 5.75 Å². The number of rotatable bonds is 5. The Balaban J connectivity index is 1.41. The highest BCUT2D eigenvalue weighted by Gasteiger charge is 2.25. The quantitative estimate of drug-likeness (QED) is 0.837. The smallest absolute Gasteiger partial charge is 0.289 e. The van der Waals surface area contributed by atoms with Crippen LogP contribution < -0.4 is 4.74 Å². The minimum absolute atomic E-state index is 0.0535. The maximum absolute atomic E-state index is 12.3. The lowest BCUT2D eigenvalue weighted by molar-refractivity contribution is -0.133. The van der Waals surface area contributed by atoms with Crippen LogP contribution in [0.5, 0.6) is 5.75 Å². The second kappa shape index (κ2) is 7.88. The first-order valence-electron chi connectivity index (χ1n) is 8.43. The van der Waals surface area contributed by atoms with Gasteiger partial charge < -0.3 is 19.0 Å². The first-order valence-corrected chi connectivity index (χ1v) is 8.43. The summed E-state index contributed by atoms with van der Waals surface area (Å²) in [5.41, 5.74) is 1.13. The summed E-state index contributed by atoms with van der Waals surface area (Å²) in [7, 11) is 0. The van der Waals surface area contributed by atoms with Crippen molar-refractivity contribution in [2.24, 2.45) is 0 Å². The number of ether oxygens (including phenoxy) is 1. The molecule has 2 heterocycles. The number of carbonyl (C=O) groups excluding carboxylic acids is 2. The first kappa shape index (κ1) is 17.1. The molecule has 2 aromatic rings. The number of piperazine rings is 1. The fraction of sp³-hybridized carbons (Fsp3) is 0.368. The summed E-state index contributed by atoms with van der Waals surface area (Å²) in [6, 6.07) is 11.1. The summed E-state index contributed by atoms with van der Waals surface area (Å²) >= 11 is 0. The SMILES string of the molecule is Cc1cccc(OCCC(=O)N2CCN(C(=O)c3ccco3)CC2)c1. The van der Waals surface area contributed by atoms with E-state index >= 15 is 0 Å². The van der Waals surface area contributed by atoms with Gasteiger partial charge in [-0.25, -0.2) is 0 Å². The highest BCUT2D eigenvalue weighted by Crippen LogP contribution is 2.13. The number of hydrogen-bond acceptors (Lipinski definition) is 4. The number of benzene rings is 1. The van der Waals surface area contributed by atoms with Crippen molar-refractivity contribution in [3.63, 3.8) is 0 Å². The van der Waals surface area contributed by atoms with Gasteiger partial charge in [-0.2, -0.15) is 0 Å². The van der Waals surface area contributed by atoms with Crippen molar-refractivity contribution in [2.75, 3.05) is 32.8 Å².